The van der Waals surface area contributed by atoms with E-state index in [0.717, 1.165) is 58.7 Å². The van der Waals surface area contributed by atoms with Crippen molar-refractivity contribution in [1.29, 1.82) is 0 Å². The Bertz CT molecular complexity index is 1050. The molecule has 3 aromatic carbocycles. The number of aliphatic hydroxyl groups is 3. The molecule has 4 rings (SSSR count). The molecule has 1 unspecified atom stereocenters. The lowest BCUT2D eigenvalue weighted by Crippen LogP contribution is -2.65. The van der Waals surface area contributed by atoms with Gasteiger partial charge >= 0.3 is 0 Å². The molecule has 1 heterocycles. The van der Waals surface area contributed by atoms with Crippen molar-refractivity contribution in [3.8, 4) is 0 Å². The third kappa shape index (κ3) is 9.49. The van der Waals surface area contributed by atoms with Crippen LogP contribution in [0.15, 0.2) is 91.0 Å². The minimum Gasteiger partial charge on any atom is -0.344 e. The highest BCUT2D eigenvalue weighted by atomic mass is 16.7. The lowest BCUT2D eigenvalue weighted by Gasteiger charge is -2.51. The van der Waals surface area contributed by atoms with Gasteiger partial charge < -0.3 is 31.3 Å². The topological polar surface area (TPSA) is 100 Å². The van der Waals surface area contributed by atoms with Crippen molar-refractivity contribution in [3.63, 3.8) is 0 Å². The Labute approximate surface area is 239 Å². The monoisotopic (exact) mass is 546 g/mol. The van der Waals surface area contributed by atoms with Gasteiger partial charge in [-0.25, -0.2) is 0 Å². The largest absolute Gasteiger partial charge is 0.344 e. The normalized spacial score (nSPS) is 19.4. The summed E-state index contributed by atoms with van der Waals surface area (Å²) in [5.74, 6) is -2.66. The summed E-state index contributed by atoms with van der Waals surface area (Å²) >= 11 is 0. The van der Waals surface area contributed by atoms with Crippen LogP contribution in [0.25, 0.3) is 0 Å². The van der Waals surface area contributed by atoms with Crippen LogP contribution in [0, 0.1) is 0 Å². The van der Waals surface area contributed by atoms with E-state index in [1.54, 1.807) is 0 Å². The number of benzene rings is 3. The van der Waals surface area contributed by atoms with Crippen molar-refractivity contribution in [3.05, 3.63) is 108 Å². The third-order valence-electron chi connectivity index (χ3n) is 7.94. The Hall–Kier alpha value is -2.62. The summed E-state index contributed by atoms with van der Waals surface area (Å²) in [4.78, 5) is 2.64. The molecule has 0 saturated carbocycles. The molecule has 40 heavy (non-hydrogen) atoms. The molecular weight excluding hydrogens is 500 g/mol. The predicted octanol–water partition coefficient (Wildman–Crippen LogP) is 2.66. The van der Waals surface area contributed by atoms with Crippen molar-refractivity contribution in [1.82, 2.24) is 20.9 Å². The highest BCUT2D eigenvalue weighted by Crippen LogP contribution is 2.34. The zero-order valence-corrected chi connectivity index (χ0v) is 23.5. The van der Waals surface area contributed by atoms with E-state index in [4.69, 9.17) is 0 Å². The van der Waals surface area contributed by atoms with Gasteiger partial charge in [0.1, 0.15) is 0 Å². The fraction of sp³-hybridized carbons (Fsp3) is 0.455. The van der Waals surface area contributed by atoms with Crippen LogP contribution in [0.3, 0.4) is 0 Å². The number of hydrogen-bond acceptors (Lipinski definition) is 7. The van der Waals surface area contributed by atoms with E-state index in [1.807, 2.05) is 0 Å². The highest BCUT2D eigenvalue weighted by Gasteiger charge is 2.44. The maximum Gasteiger partial charge on any atom is 0.275 e. The zero-order valence-electron chi connectivity index (χ0n) is 23.5. The molecule has 216 valence electrons. The summed E-state index contributed by atoms with van der Waals surface area (Å²) in [6.45, 7) is 5.97. The van der Waals surface area contributed by atoms with Crippen LogP contribution < -0.4 is 16.0 Å². The average molecular weight is 547 g/mol. The Morgan fingerprint density at radius 1 is 0.675 bits per heavy atom. The van der Waals surface area contributed by atoms with Crippen molar-refractivity contribution in [2.45, 2.75) is 56.2 Å². The summed E-state index contributed by atoms with van der Waals surface area (Å²) in [6, 6.07) is 32.1. The second-order valence-corrected chi connectivity index (χ2v) is 11.0. The molecule has 0 amide bonds. The molecular formula is C33H46N4O3. The number of hydrogen-bond donors (Lipinski definition) is 6. The molecule has 6 N–H and O–H groups in total. The van der Waals surface area contributed by atoms with Gasteiger partial charge in [0.2, 0.25) is 0 Å². The van der Waals surface area contributed by atoms with Crippen molar-refractivity contribution < 1.29 is 15.3 Å². The van der Waals surface area contributed by atoms with Crippen LogP contribution in [0.4, 0.5) is 0 Å². The van der Waals surface area contributed by atoms with Crippen LogP contribution in [0.2, 0.25) is 0 Å². The van der Waals surface area contributed by atoms with Crippen molar-refractivity contribution >= 4 is 0 Å². The third-order valence-corrected chi connectivity index (χ3v) is 7.94. The molecule has 0 aromatic heterocycles. The molecule has 1 atom stereocenters. The first-order valence-electron chi connectivity index (χ1n) is 14.6. The Balaban J connectivity index is 1.82. The van der Waals surface area contributed by atoms with Crippen LogP contribution >= 0.6 is 0 Å². The lowest BCUT2D eigenvalue weighted by molar-refractivity contribution is -0.315. The maximum atomic E-state index is 9.71. The summed E-state index contributed by atoms with van der Waals surface area (Å²) in [6.07, 6.45) is 2.70. The van der Waals surface area contributed by atoms with Crippen molar-refractivity contribution in [2.24, 2.45) is 0 Å². The van der Waals surface area contributed by atoms with Gasteiger partial charge in [-0.3, -0.25) is 4.90 Å². The summed E-state index contributed by atoms with van der Waals surface area (Å²) < 4.78 is 0. The number of nitrogens with one attached hydrogen (secondary N) is 3. The van der Waals surface area contributed by atoms with E-state index in [0.29, 0.717) is 12.8 Å². The standard InChI is InChI=1S/C33H46N4O3/c38-33(39,40)18-10-17-31-32(25-28-11-4-1-5-12-28,26-29-13-6-2-7-14-29)37(27-30-15-8-3-9-16-30)24-23-35-20-19-34-21-22-36-31/h1-9,11-16,31,34-36,38-40H,10,17-27H2. The van der Waals surface area contributed by atoms with E-state index < -0.39 is 5.97 Å². The average Bonchev–Trinajstić information content (AvgIpc) is 2.95. The highest BCUT2D eigenvalue weighted by molar-refractivity contribution is 5.26. The second-order valence-electron chi connectivity index (χ2n) is 11.0. The van der Waals surface area contributed by atoms with Gasteiger partial charge in [0.15, 0.2) is 0 Å². The predicted molar refractivity (Wildman–Crippen MR) is 161 cm³/mol. The molecule has 1 aliphatic rings. The Morgan fingerprint density at radius 2 is 1.18 bits per heavy atom. The zero-order chi connectivity index (χ0) is 28.1. The van der Waals surface area contributed by atoms with Crippen LogP contribution in [-0.4, -0.2) is 77.0 Å². The number of nitrogens with zero attached hydrogens (tertiary/aromatic N) is 1. The van der Waals surface area contributed by atoms with Gasteiger partial charge in [-0.2, -0.15) is 0 Å². The smallest absolute Gasteiger partial charge is 0.275 e. The summed E-state index contributed by atoms with van der Waals surface area (Å²) in [5, 5.41) is 40.2. The molecule has 0 bridgehead atoms. The van der Waals surface area contributed by atoms with Gasteiger partial charge in [-0.15, -0.1) is 0 Å². The van der Waals surface area contributed by atoms with E-state index in [1.165, 1.54) is 16.7 Å². The molecule has 7 heteroatoms. The van der Waals surface area contributed by atoms with Gasteiger partial charge in [0.25, 0.3) is 5.97 Å². The van der Waals surface area contributed by atoms with Gasteiger partial charge in [-0.05, 0) is 42.4 Å². The van der Waals surface area contributed by atoms with E-state index in [9.17, 15) is 15.3 Å². The fourth-order valence-electron chi connectivity index (χ4n) is 5.99. The Kier molecular flexibility index (Phi) is 11.7. The van der Waals surface area contributed by atoms with Gasteiger partial charge in [0, 0.05) is 63.8 Å². The molecule has 7 nitrogen and oxygen atoms in total. The first-order chi connectivity index (χ1) is 19.4. The van der Waals surface area contributed by atoms with Gasteiger partial charge in [-0.1, -0.05) is 91.0 Å². The lowest BCUT2D eigenvalue weighted by atomic mass is 9.74. The second kappa shape index (κ2) is 15.4. The van der Waals surface area contributed by atoms with Gasteiger partial charge in [0.05, 0.1) is 0 Å². The minimum atomic E-state index is -2.66. The van der Waals surface area contributed by atoms with E-state index >= 15 is 0 Å². The van der Waals surface area contributed by atoms with Crippen LogP contribution in [0.1, 0.15) is 36.0 Å². The quantitative estimate of drug-likeness (QED) is 0.218. The maximum absolute atomic E-state index is 9.71. The molecule has 0 radical (unpaired) electrons. The summed E-state index contributed by atoms with van der Waals surface area (Å²) in [5.41, 5.74) is 3.45. The molecule has 3 aromatic rings. The van der Waals surface area contributed by atoms with E-state index in [2.05, 4.69) is 112 Å². The molecule has 0 aliphatic carbocycles. The van der Waals surface area contributed by atoms with Crippen LogP contribution in [0.5, 0.6) is 0 Å². The minimum absolute atomic E-state index is 0.0141. The fourth-order valence-corrected chi connectivity index (χ4v) is 5.99. The molecule has 1 aliphatic heterocycles. The first-order valence-corrected chi connectivity index (χ1v) is 14.6. The van der Waals surface area contributed by atoms with Crippen LogP contribution in [-0.2, 0) is 19.4 Å². The SMILES string of the molecule is OC(O)(O)CCCC1NCCNCCNCCN(Cc2ccccc2)C1(Cc1ccccc1)Cc1ccccc1. The molecule has 1 saturated heterocycles. The first kappa shape index (κ1) is 30.3. The Morgan fingerprint density at radius 3 is 1.73 bits per heavy atom. The molecule has 1 fully saturated rings. The van der Waals surface area contributed by atoms with Crippen molar-refractivity contribution in [2.75, 3.05) is 39.3 Å². The summed E-state index contributed by atoms with van der Waals surface area (Å²) in [7, 11) is 0. The van der Waals surface area contributed by atoms with E-state index in [-0.39, 0.29) is 18.0 Å². The molecule has 0 spiro atoms. The number of rotatable bonds is 10.